The predicted molar refractivity (Wildman–Crippen MR) is 147 cm³/mol. The van der Waals surface area contributed by atoms with Crippen molar-refractivity contribution in [2.75, 3.05) is 19.8 Å². The zero-order valence-corrected chi connectivity index (χ0v) is 24.6. The van der Waals surface area contributed by atoms with Gasteiger partial charge in [0.05, 0.1) is 19.6 Å². The highest BCUT2D eigenvalue weighted by atomic mass is 16.6. The summed E-state index contributed by atoms with van der Waals surface area (Å²) in [5.74, 6) is -1.79. The quantitative estimate of drug-likeness (QED) is 0.131. The molecule has 0 aliphatic heterocycles. The van der Waals surface area contributed by atoms with Crippen LogP contribution < -0.4 is 0 Å². The van der Waals surface area contributed by atoms with E-state index < -0.39 is 30.1 Å². The van der Waals surface area contributed by atoms with Gasteiger partial charge in [0.2, 0.25) is 0 Å². The van der Waals surface area contributed by atoms with Crippen molar-refractivity contribution in [2.24, 2.45) is 17.8 Å². The Morgan fingerprint density at radius 3 is 1.59 bits per heavy atom. The summed E-state index contributed by atoms with van der Waals surface area (Å²) in [5, 5.41) is 9.38. The Bertz CT molecular complexity index is 621. The van der Waals surface area contributed by atoms with E-state index in [-0.39, 0.29) is 37.2 Å². The zero-order valence-electron chi connectivity index (χ0n) is 24.6. The molecule has 0 aromatic rings. The van der Waals surface area contributed by atoms with Gasteiger partial charge in [0.1, 0.15) is 6.61 Å². The van der Waals surface area contributed by atoms with Crippen LogP contribution in [0.25, 0.3) is 0 Å². The highest BCUT2D eigenvalue weighted by Crippen LogP contribution is 2.33. The van der Waals surface area contributed by atoms with Crippen molar-refractivity contribution >= 4 is 17.9 Å². The van der Waals surface area contributed by atoms with E-state index in [4.69, 9.17) is 14.2 Å². The van der Waals surface area contributed by atoms with E-state index in [2.05, 4.69) is 34.6 Å². The first-order valence-electron chi connectivity index (χ1n) is 14.9. The van der Waals surface area contributed by atoms with Gasteiger partial charge in [-0.2, -0.15) is 0 Å². The van der Waals surface area contributed by atoms with E-state index >= 15 is 0 Å². The van der Waals surface area contributed by atoms with E-state index in [1.807, 2.05) is 6.92 Å². The maximum absolute atomic E-state index is 13.6. The number of hydrogen-bond acceptors (Lipinski definition) is 6. The number of aliphatic carboxylic acids is 1. The van der Waals surface area contributed by atoms with Crippen molar-refractivity contribution in [2.45, 2.75) is 137 Å². The van der Waals surface area contributed by atoms with E-state index in [1.165, 1.54) is 0 Å². The minimum Gasteiger partial charge on any atom is -0.480 e. The number of carboxylic acid groups (broad SMARTS) is 1. The normalized spacial score (nSPS) is 15.4. The van der Waals surface area contributed by atoms with Gasteiger partial charge in [-0.1, -0.05) is 106 Å². The van der Waals surface area contributed by atoms with Crippen molar-refractivity contribution in [3.05, 3.63) is 0 Å². The average Bonchev–Trinajstić information content (AvgIpc) is 2.89. The summed E-state index contributed by atoms with van der Waals surface area (Å²) in [6, 6.07) is 0. The fraction of sp³-hybridized carbons (Fsp3) is 0.900. The van der Waals surface area contributed by atoms with Gasteiger partial charge in [-0.3, -0.25) is 4.79 Å². The van der Waals surface area contributed by atoms with Gasteiger partial charge < -0.3 is 19.3 Å². The standard InChI is InChI=1S/C30H56O7/c1-7-13-16-24(10-4)19-30(37-23-27(31)32,29(34)36-22-26(12-6)18-15-9-3)20-28(33)35-21-25(11-5)17-14-8-2/h24-26H,7-23H2,1-6H3,(H,31,32). The molecule has 0 aliphatic carbocycles. The molecule has 0 heterocycles. The molecule has 37 heavy (non-hydrogen) atoms. The molecule has 0 saturated heterocycles. The fourth-order valence-electron chi connectivity index (χ4n) is 4.62. The fourth-order valence-corrected chi connectivity index (χ4v) is 4.62. The molecule has 0 aliphatic rings. The Morgan fingerprint density at radius 2 is 1.16 bits per heavy atom. The lowest BCUT2D eigenvalue weighted by Gasteiger charge is -2.34. The number of unbranched alkanes of at least 4 members (excludes halogenated alkanes) is 3. The summed E-state index contributed by atoms with van der Waals surface area (Å²) < 4.78 is 17.2. The van der Waals surface area contributed by atoms with Gasteiger partial charge in [0.25, 0.3) is 0 Å². The van der Waals surface area contributed by atoms with Gasteiger partial charge >= 0.3 is 17.9 Å². The van der Waals surface area contributed by atoms with Crippen LogP contribution in [0.15, 0.2) is 0 Å². The molecule has 4 atom stereocenters. The molecule has 0 fully saturated rings. The highest BCUT2D eigenvalue weighted by molar-refractivity contribution is 5.86. The van der Waals surface area contributed by atoms with Crippen LogP contribution in [0, 0.1) is 17.8 Å². The topological polar surface area (TPSA) is 99.1 Å². The minimum absolute atomic E-state index is 0.101. The van der Waals surface area contributed by atoms with Crippen LogP contribution in [0.3, 0.4) is 0 Å². The number of carbonyl (C=O) groups is 3. The molecule has 7 nitrogen and oxygen atoms in total. The molecule has 0 aromatic heterocycles. The average molecular weight is 529 g/mol. The van der Waals surface area contributed by atoms with Crippen molar-refractivity contribution in [1.29, 1.82) is 0 Å². The Kier molecular flexibility index (Phi) is 20.4. The molecule has 1 N–H and O–H groups in total. The Labute approximate surface area is 226 Å². The molecule has 0 saturated carbocycles. The monoisotopic (exact) mass is 528 g/mol. The molecular formula is C30H56O7. The molecular weight excluding hydrogens is 472 g/mol. The third-order valence-electron chi connectivity index (χ3n) is 7.45. The SMILES string of the molecule is CCCCC(CC)COC(=O)CC(CC(CC)CCCC)(OCC(=O)O)C(=O)OCC(CC)CCCC. The smallest absolute Gasteiger partial charge is 0.339 e. The zero-order chi connectivity index (χ0) is 28.1. The third-order valence-corrected chi connectivity index (χ3v) is 7.45. The Morgan fingerprint density at radius 1 is 0.703 bits per heavy atom. The second-order valence-electron chi connectivity index (χ2n) is 10.6. The third kappa shape index (κ3) is 15.4. The van der Waals surface area contributed by atoms with Crippen LogP contribution in [-0.2, 0) is 28.6 Å². The lowest BCUT2D eigenvalue weighted by Crippen LogP contribution is -2.48. The van der Waals surface area contributed by atoms with Crippen LogP contribution in [0.4, 0.5) is 0 Å². The minimum atomic E-state index is -1.67. The van der Waals surface area contributed by atoms with Crippen molar-refractivity contribution < 1.29 is 33.7 Å². The van der Waals surface area contributed by atoms with E-state index in [0.29, 0.717) is 6.61 Å². The molecule has 0 amide bonds. The van der Waals surface area contributed by atoms with Gasteiger partial charge in [0.15, 0.2) is 5.60 Å². The Balaban J connectivity index is 5.85. The molecule has 218 valence electrons. The first kappa shape index (κ1) is 35.4. The van der Waals surface area contributed by atoms with Crippen LogP contribution in [-0.4, -0.2) is 48.4 Å². The van der Waals surface area contributed by atoms with Gasteiger partial charge in [-0.25, -0.2) is 9.59 Å². The van der Waals surface area contributed by atoms with Crippen molar-refractivity contribution in [1.82, 2.24) is 0 Å². The molecule has 0 aromatic carbocycles. The molecule has 0 spiro atoms. The largest absolute Gasteiger partial charge is 0.480 e. The maximum atomic E-state index is 13.6. The van der Waals surface area contributed by atoms with Gasteiger partial charge in [0, 0.05) is 0 Å². The molecule has 0 rings (SSSR count). The van der Waals surface area contributed by atoms with Crippen LogP contribution in [0.5, 0.6) is 0 Å². The lowest BCUT2D eigenvalue weighted by atomic mass is 9.83. The van der Waals surface area contributed by atoms with E-state index in [0.717, 1.165) is 77.0 Å². The first-order valence-corrected chi connectivity index (χ1v) is 14.9. The highest BCUT2D eigenvalue weighted by Gasteiger charge is 2.46. The molecule has 0 bridgehead atoms. The van der Waals surface area contributed by atoms with Gasteiger partial charge in [-0.05, 0) is 37.0 Å². The van der Waals surface area contributed by atoms with E-state index in [1.54, 1.807) is 0 Å². The summed E-state index contributed by atoms with van der Waals surface area (Å²) in [6.45, 7) is 12.4. The van der Waals surface area contributed by atoms with Crippen molar-refractivity contribution in [3.8, 4) is 0 Å². The molecule has 4 unspecified atom stereocenters. The lowest BCUT2D eigenvalue weighted by molar-refractivity contribution is -0.187. The second kappa shape index (κ2) is 21.3. The summed E-state index contributed by atoms with van der Waals surface area (Å²) in [6.07, 6.45) is 11.5. The molecule has 7 heteroatoms. The van der Waals surface area contributed by atoms with Gasteiger partial charge in [-0.15, -0.1) is 0 Å². The summed E-state index contributed by atoms with van der Waals surface area (Å²) in [4.78, 5) is 38.2. The summed E-state index contributed by atoms with van der Waals surface area (Å²) in [5.41, 5.74) is -1.67. The number of ether oxygens (including phenoxy) is 3. The predicted octanol–water partition coefficient (Wildman–Crippen LogP) is 7.34. The number of esters is 2. The summed E-state index contributed by atoms with van der Waals surface area (Å²) >= 11 is 0. The Hall–Kier alpha value is -1.63. The number of hydrogen-bond donors (Lipinski definition) is 1. The van der Waals surface area contributed by atoms with Crippen LogP contribution in [0.1, 0.15) is 131 Å². The number of carbonyl (C=O) groups excluding carboxylic acids is 2. The maximum Gasteiger partial charge on any atom is 0.339 e. The number of rotatable bonds is 24. The molecule has 0 radical (unpaired) electrons. The first-order chi connectivity index (χ1) is 17.7. The van der Waals surface area contributed by atoms with Crippen LogP contribution in [0.2, 0.25) is 0 Å². The van der Waals surface area contributed by atoms with Crippen molar-refractivity contribution in [3.63, 3.8) is 0 Å². The summed E-state index contributed by atoms with van der Waals surface area (Å²) in [7, 11) is 0. The second-order valence-corrected chi connectivity index (χ2v) is 10.6. The number of carboxylic acids is 1. The van der Waals surface area contributed by atoms with Crippen LogP contribution >= 0.6 is 0 Å². The van der Waals surface area contributed by atoms with E-state index in [9.17, 15) is 19.5 Å².